The van der Waals surface area contributed by atoms with Gasteiger partial charge in [-0.05, 0) is 12.1 Å². The molecule has 124 valence electrons. The van der Waals surface area contributed by atoms with Crippen molar-refractivity contribution in [2.75, 3.05) is 44.3 Å². The first kappa shape index (κ1) is 16.0. The van der Waals surface area contributed by atoms with Crippen molar-refractivity contribution in [3.8, 4) is 17.7 Å². The molecule has 0 bridgehead atoms. The number of benzene rings is 1. The van der Waals surface area contributed by atoms with Gasteiger partial charge >= 0.3 is 0 Å². The van der Waals surface area contributed by atoms with Crippen LogP contribution in [0.4, 0.5) is 5.82 Å². The van der Waals surface area contributed by atoms with Crippen molar-refractivity contribution >= 4 is 5.82 Å². The minimum absolute atomic E-state index is 0.330. The van der Waals surface area contributed by atoms with Crippen molar-refractivity contribution in [1.82, 2.24) is 15.3 Å². The summed E-state index contributed by atoms with van der Waals surface area (Å²) in [6.45, 7) is 4.25. The molecule has 0 saturated carbocycles. The normalized spacial score (nSPS) is 14.0. The fourth-order valence-electron chi connectivity index (χ4n) is 2.49. The Balaban J connectivity index is 1.56. The van der Waals surface area contributed by atoms with Gasteiger partial charge in [0.25, 0.3) is 5.88 Å². The van der Waals surface area contributed by atoms with E-state index in [2.05, 4.69) is 26.3 Å². The highest BCUT2D eigenvalue weighted by Gasteiger charge is 2.17. The molecule has 0 amide bonds. The molecule has 7 heteroatoms. The molecule has 1 fully saturated rings. The molecule has 0 radical (unpaired) electrons. The van der Waals surface area contributed by atoms with E-state index >= 15 is 0 Å². The van der Waals surface area contributed by atoms with Crippen LogP contribution in [-0.2, 0) is 0 Å². The molecule has 1 aliphatic rings. The van der Waals surface area contributed by atoms with Gasteiger partial charge in [0, 0.05) is 38.6 Å². The molecule has 1 aliphatic heterocycles. The van der Waals surface area contributed by atoms with Gasteiger partial charge in [0.15, 0.2) is 5.82 Å². The zero-order valence-electron chi connectivity index (χ0n) is 13.3. The molecule has 1 N–H and O–H groups in total. The second-order valence-electron chi connectivity index (χ2n) is 5.23. The number of nitriles is 1. The second-order valence-corrected chi connectivity index (χ2v) is 5.23. The summed E-state index contributed by atoms with van der Waals surface area (Å²) in [4.78, 5) is 10.8. The number of rotatable bonds is 6. The number of ether oxygens (including phenoxy) is 2. The lowest BCUT2D eigenvalue weighted by molar-refractivity contribution is 0.211. The van der Waals surface area contributed by atoms with Crippen LogP contribution in [0.3, 0.4) is 0 Å². The lowest BCUT2D eigenvalue weighted by Crippen LogP contribution is -2.44. The van der Waals surface area contributed by atoms with Crippen LogP contribution in [0.25, 0.3) is 0 Å². The monoisotopic (exact) mass is 325 g/mol. The highest BCUT2D eigenvalue weighted by Crippen LogP contribution is 2.23. The Morgan fingerprint density at radius 2 is 1.83 bits per heavy atom. The van der Waals surface area contributed by atoms with E-state index in [4.69, 9.17) is 14.7 Å². The summed E-state index contributed by atoms with van der Waals surface area (Å²) >= 11 is 0. The number of nitrogens with one attached hydrogen (secondary N) is 1. The third kappa shape index (κ3) is 3.91. The van der Waals surface area contributed by atoms with Crippen LogP contribution in [0.2, 0.25) is 0 Å². The first-order valence-corrected chi connectivity index (χ1v) is 7.90. The lowest BCUT2D eigenvalue weighted by atomic mass is 10.2. The van der Waals surface area contributed by atoms with E-state index in [1.54, 1.807) is 30.6 Å². The SMILES string of the molecule is N#Cc1ccccc1OCCOc1nccnc1N1CCNCC1. The van der Waals surface area contributed by atoms with Gasteiger partial charge in [-0.1, -0.05) is 12.1 Å². The van der Waals surface area contributed by atoms with Crippen molar-refractivity contribution in [2.24, 2.45) is 0 Å². The summed E-state index contributed by atoms with van der Waals surface area (Å²) in [5.41, 5.74) is 0.513. The quantitative estimate of drug-likeness (QED) is 0.799. The van der Waals surface area contributed by atoms with Crippen molar-refractivity contribution in [3.05, 3.63) is 42.2 Å². The fourth-order valence-corrected chi connectivity index (χ4v) is 2.49. The summed E-state index contributed by atoms with van der Waals surface area (Å²) in [6, 6.07) is 9.24. The van der Waals surface area contributed by atoms with Crippen LogP contribution in [0, 0.1) is 11.3 Å². The highest BCUT2D eigenvalue weighted by atomic mass is 16.5. The summed E-state index contributed by atoms with van der Waals surface area (Å²) in [6.07, 6.45) is 3.29. The smallest absolute Gasteiger partial charge is 0.257 e. The van der Waals surface area contributed by atoms with E-state index in [1.807, 2.05) is 6.07 Å². The maximum Gasteiger partial charge on any atom is 0.257 e. The van der Waals surface area contributed by atoms with Crippen molar-refractivity contribution < 1.29 is 9.47 Å². The molecule has 0 atom stereocenters. The zero-order valence-corrected chi connectivity index (χ0v) is 13.3. The third-order valence-electron chi connectivity index (χ3n) is 3.65. The summed E-state index contributed by atoms with van der Waals surface area (Å²) in [5, 5.41) is 12.4. The first-order valence-electron chi connectivity index (χ1n) is 7.90. The Morgan fingerprint density at radius 3 is 2.67 bits per heavy atom. The first-order chi connectivity index (χ1) is 11.9. The summed E-state index contributed by atoms with van der Waals surface area (Å²) in [5.74, 6) is 1.83. The maximum atomic E-state index is 9.04. The van der Waals surface area contributed by atoms with Gasteiger partial charge in [-0.25, -0.2) is 9.97 Å². The Morgan fingerprint density at radius 1 is 1.08 bits per heavy atom. The van der Waals surface area contributed by atoms with Gasteiger partial charge in [0.05, 0.1) is 5.56 Å². The van der Waals surface area contributed by atoms with Crippen LogP contribution in [-0.4, -0.2) is 49.4 Å². The van der Waals surface area contributed by atoms with E-state index in [9.17, 15) is 0 Å². The standard InChI is InChI=1S/C17H19N5O2/c18-13-14-3-1-2-4-15(14)23-11-12-24-17-16(20-5-6-21-17)22-9-7-19-8-10-22/h1-6,19H,7-12H2. The van der Waals surface area contributed by atoms with Gasteiger partial charge in [0.2, 0.25) is 0 Å². The Kier molecular flexibility index (Phi) is 5.43. The minimum Gasteiger partial charge on any atom is -0.489 e. The van der Waals surface area contributed by atoms with Crippen molar-refractivity contribution in [1.29, 1.82) is 5.26 Å². The van der Waals surface area contributed by atoms with Gasteiger partial charge in [-0.2, -0.15) is 5.26 Å². The van der Waals surface area contributed by atoms with Crippen LogP contribution >= 0.6 is 0 Å². The zero-order chi connectivity index (χ0) is 16.6. The molecule has 24 heavy (non-hydrogen) atoms. The van der Waals surface area contributed by atoms with Crippen LogP contribution in [0.15, 0.2) is 36.7 Å². The molecule has 3 rings (SSSR count). The molecule has 2 aromatic rings. The fraction of sp³-hybridized carbons (Fsp3) is 0.353. The molecular weight excluding hydrogens is 306 g/mol. The second kappa shape index (κ2) is 8.13. The molecule has 0 unspecified atom stereocenters. The average Bonchev–Trinajstić information content (AvgIpc) is 2.66. The van der Waals surface area contributed by atoms with Crippen molar-refractivity contribution in [3.63, 3.8) is 0 Å². The average molecular weight is 325 g/mol. The number of piperazine rings is 1. The number of anilines is 1. The molecule has 0 aliphatic carbocycles. The molecule has 1 saturated heterocycles. The van der Waals surface area contributed by atoms with E-state index < -0.39 is 0 Å². The van der Waals surface area contributed by atoms with E-state index in [-0.39, 0.29) is 0 Å². The summed E-state index contributed by atoms with van der Waals surface area (Å²) in [7, 11) is 0. The highest BCUT2D eigenvalue weighted by molar-refractivity contribution is 5.48. The Hall–Kier alpha value is -2.85. The Bertz CT molecular complexity index is 710. The van der Waals surface area contributed by atoms with Crippen LogP contribution in [0.5, 0.6) is 11.6 Å². The minimum atomic E-state index is 0.330. The lowest BCUT2D eigenvalue weighted by Gasteiger charge is -2.28. The predicted molar refractivity (Wildman–Crippen MR) is 89.3 cm³/mol. The number of aromatic nitrogens is 2. The predicted octanol–water partition coefficient (Wildman–Crippen LogP) is 1.22. The third-order valence-corrected chi connectivity index (χ3v) is 3.65. The number of nitrogens with zero attached hydrogens (tertiary/aromatic N) is 4. The van der Waals surface area contributed by atoms with Crippen molar-refractivity contribution in [2.45, 2.75) is 0 Å². The van der Waals surface area contributed by atoms with Gasteiger partial charge < -0.3 is 19.7 Å². The molecule has 0 spiro atoms. The van der Waals surface area contributed by atoms with Gasteiger partial charge in [0.1, 0.15) is 25.0 Å². The summed E-state index contributed by atoms with van der Waals surface area (Å²) < 4.78 is 11.4. The largest absolute Gasteiger partial charge is 0.489 e. The number of para-hydroxylation sites is 1. The maximum absolute atomic E-state index is 9.04. The topological polar surface area (TPSA) is 83.3 Å². The Labute approximate surface area is 140 Å². The van der Waals surface area contributed by atoms with E-state index in [0.717, 1.165) is 32.0 Å². The number of hydrogen-bond acceptors (Lipinski definition) is 7. The van der Waals surface area contributed by atoms with Gasteiger partial charge in [-0.3, -0.25) is 0 Å². The van der Waals surface area contributed by atoms with Gasteiger partial charge in [-0.15, -0.1) is 0 Å². The molecule has 1 aromatic heterocycles. The molecule has 2 heterocycles. The van der Waals surface area contributed by atoms with E-state index in [1.165, 1.54) is 0 Å². The molecule has 7 nitrogen and oxygen atoms in total. The van der Waals surface area contributed by atoms with Crippen LogP contribution in [0.1, 0.15) is 5.56 Å². The molecular formula is C17H19N5O2. The number of hydrogen-bond donors (Lipinski definition) is 1. The van der Waals surface area contributed by atoms with Crippen LogP contribution < -0.4 is 19.7 Å². The van der Waals surface area contributed by atoms with E-state index in [0.29, 0.717) is 30.4 Å². The molecule has 1 aromatic carbocycles.